The van der Waals surface area contributed by atoms with E-state index in [4.69, 9.17) is 0 Å². The monoisotopic (exact) mass is 247 g/mol. The van der Waals surface area contributed by atoms with Gasteiger partial charge in [-0.3, -0.25) is 14.5 Å². The summed E-state index contributed by atoms with van der Waals surface area (Å²) < 4.78 is 1.89. The van der Waals surface area contributed by atoms with Gasteiger partial charge in [-0.05, 0) is 12.8 Å². The first-order valence-corrected chi connectivity index (χ1v) is 6.58. The molecule has 2 unspecified atom stereocenters. The van der Waals surface area contributed by atoms with Crippen molar-refractivity contribution in [2.24, 2.45) is 11.8 Å². The quantitative estimate of drug-likeness (QED) is 0.750. The zero-order valence-electron chi connectivity index (χ0n) is 10.3. The van der Waals surface area contributed by atoms with Gasteiger partial charge in [-0.25, -0.2) is 4.98 Å². The fraction of sp³-hybridized carbons (Fsp3) is 0.615. The molecule has 2 heterocycles. The van der Waals surface area contributed by atoms with Gasteiger partial charge >= 0.3 is 0 Å². The summed E-state index contributed by atoms with van der Waals surface area (Å²) in [6.07, 6.45) is 9.18. The van der Waals surface area contributed by atoms with Crippen molar-refractivity contribution in [3.63, 3.8) is 0 Å². The van der Waals surface area contributed by atoms with Crippen LogP contribution in [0.3, 0.4) is 0 Å². The minimum Gasteiger partial charge on any atom is -0.336 e. The molecule has 2 amide bonds. The fourth-order valence-electron chi connectivity index (χ4n) is 3.09. The summed E-state index contributed by atoms with van der Waals surface area (Å²) in [5.74, 6) is 0.0257. The van der Waals surface area contributed by atoms with Crippen molar-refractivity contribution < 1.29 is 9.59 Å². The maximum atomic E-state index is 12.2. The molecule has 1 aromatic rings. The normalized spacial score (nSPS) is 27.7. The van der Waals surface area contributed by atoms with Crippen molar-refractivity contribution in [1.82, 2.24) is 14.5 Å². The maximum absolute atomic E-state index is 12.2. The van der Waals surface area contributed by atoms with Crippen LogP contribution >= 0.6 is 0 Å². The Morgan fingerprint density at radius 3 is 2.33 bits per heavy atom. The zero-order valence-corrected chi connectivity index (χ0v) is 10.3. The van der Waals surface area contributed by atoms with Gasteiger partial charge < -0.3 is 4.57 Å². The second-order valence-electron chi connectivity index (χ2n) is 5.13. The molecule has 0 radical (unpaired) electrons. The number of hydrogen-bond acceptors (Lipinski definition) is 3. The van der Waals surface area contributed by atoms with Crippen molar-refractivity contribution >= 4 is 11.8 Å². The molecule has 1 aliphatic heterocycles. The predicted molar refractivity (Wildman–Crippen MR) is 64.4 cm³/mol. The largest absolute Gasteiger partial charge is 0.336 e. The second kappa shape index (κ2) is 4.55. The Hall–Kier alpha value is -1.65. The van der Waals surface area contributed by atoms with Crippen LogP contribution in [0.15, 0.2) is 18.7 Å². The Labute approximate surface area is 106 Å². The molecule has 5 heteroatoms. The van der Waals surface area contributed by atoms with Crippen LogP contribution in [-0.4, -0.2) is 32.8 Å². The number of likely N-dealkylation sites (tertiary alicyclic amines) is 1. The molecule has 1 saturated carbocycles. The minimum atomic E-state index is -0.0333. The van der Waals surface area contributed by atoms with Gasteiger partial charge in [-0.15, -0.1) is 0 Å². The number of carbonyl (C=O) groups is 2. The van der Waals surface area contributed by atoms with Crippen molar-refractivity contribution in [2.75, 3.05) is 6.54 Å². The number of fused-ring (bicyclic) bond motifs is 1. The van der Waals surface area contributed by atoms with E-state index in [2.05, 4.69) is 4.98 Å². The van der Waals surface area contributed by atoms with E-state index in [0.717, 1.165) is 25.7 Å². The topological polar surface area (TPSA) is 55.2 Å². The lowest BCUT2D eigenvalue weighted by Crippen LogP contribution is -2.33. The molecule has 18 heavy (non-hydrogen) atoms. The van der Waals surface area contributed by atoms with Crippen molar-refractivity contribution in [1.29, 1.82) is 0 Å². The SMILES string of the molecule is O=C1C2CCCCC2C(=O)N1CCn1ccnc1. The third-order valence-corrected chi connectivity index (χ3v) is 4.07. The van der Waals surface area contributed by atoms with Crippen molar-refractivity contribution in [3.8, 4) is 0 Å². The van der Waals surface area contributed by atoms with E-state index < -0.39 is 0 Å². The van der Waals surface area contributed by atoms with Crippen LogP contribution in [0.2, 0.25) is 0 Å². The molecular weight excluding hydrogens is 230 g/mol. The van der Waals surface area contributed by atoms with Gasteiger partial charge in [0.15, 0.2) is 0 Å². The molecule has 1 aromatic heterocycles. The molecule has 0 bridgehead atoms. The van der Waals surface area contributed by atoms with Gasteiger partial charge in [-0.1, -0.05) is 12.8 Å². The average molecular weight is 247 g/mol. The molecule has 2 fully saturated rings. The molecule has 5 nitrogen and oxygen atoms in total. The molecule has 2 aliphatic rings. The third-order valence-electron chi connectivity index (χ3n) is 4.07. The fourth-order valence-corrected chi connectivity index (χ4v) is 3.09. The number of imidazole rings is 1. The van der Waals surface area contributed by atoms with Crippen LogP contribution in [0, 0.1) is 11.8 Å². The molecule has 3 rings (SSSR count). The van der Waals surface area contributed by atoms with Gasteiger partial charge in [0.05, 0.1) is 18.2 Å². The Balaban J connectivity index is 1.68. The molecule has 1 aliphatic carbocycles. The van der Waals surface area contributed by atoms with E-state index in [1.165, 1.54) is 4.90 Å². The van der Waals surface area contributed by atoms with Gasteiger partial charge in [-0.2, -0.15) is 0 Å². The van der Waals surface area contributed by atoms with Gasteiger partial charge in [0.25, 0.3) is 0 Å². The van der Waals surface area contributed by atoms with Crippen molar-refractivity contribution in [3.05, 3.63) is 18.7 Å². The lowest BCUT2D eigenvalue weighted by atomic mass is 9.81. The summed E-state index contributed by atoms with van der Waals surface area (Å²) in [5, 5.41) is 0. The van der Waals surface area contributed by atoms with Crippen LogP contribution in [0.1, 0.15) is 25.7 Å². The van der Waals surface area contributed by atoms with Crippen LogP contribution in [0.25, 0.3) is 0 Å². The Morgan fingerprint density at radius 1 is 1.11 bits per heavy atom. The number of nitrogens with zero attached hydrogens (tertiary/aromatic N) is 3. The summed E-state index contributed by atoms with van der Waals surface area (Å²) >= 11 is 0. The lowest BCUT2D eigenvalue weighted by molar-refractivity contribution is -0.140. The van der Waals surface area contributed by atoms with E-state index in [9.17, 15) is 9.59 Å². The third kappa shape index (κ3) is 1.83. The summed E-state index contributed by atoms with van der Waals surface area (Å²) in [5.41, 5.74) is 0. The van der Waals surface area contributed by atoms with E-state index in [1.54, 1.807) is 12.5 Å². The molecule has 96 valence electrons. The highest BCUT2D eigenvalue weighted by molar-refractivity contribution is 6.05. The number of hydrogen-bond donors (Lipinski definition) is 0. The Kier molecular flexibility index (Phi) is 2.89. The molecule has 0 spiro atoms. The van der Waals surface area contributed by atoms with E-state index >= 15 is 0 Å². The molecule has 1 saturated heterocycles. The first-order valence-electron chi connectivity index (χ1n) is 6.58. The van der Waals surface area contributed by atoms with Crippen molar-refractivity contribution in [2.45, 2.75) is 32.2 Å². The highest BCUT2D eigenvalue weighted by Gasteiger charge is 2.47. The van der Waals surface area contributed by atoms with E-state index in [0.29, 0.717) is 13.1 Å². The van der Waals surface area contributed by atoms with Crippen LogP contribution in [0.4, 0.5) is 0 Å². The Bertz CT molecular complexity index is 431. The average Bonchev–Trinajstić information content (AvgIpc) is 2.98. The van der Waals surface area contributed by atoms with Crippen LogP contribution in [-0.2, 0) is 16.1 Å². The molecule has 2 atom stereocenters. The molecule has 0 aromatic carbocycles. The first kappa shape index (κ1) is 11.4. The Morgan fingerprint density at radius 2 is 1.78 bits per heavy atom. The number of aromatic nitrogens is 2. The number of amides is 2. The highest BCUT2D eigenvalue weighted by atomic mass is 16.2. The van der Waals surface area contributed by atoms with Crippen LogP contribution in [0.5, 0.6) is 0 Å². The maximum Gasteiger partial charge on any atom is 0.233 e. The van der Waals surface area contributed by atoms with E-state index in [-0.39, 0.29) is 23.7 Å². The van der Waals surface area contributed by atoms with Gasteiger partial charge in [0.2, 0.25) is 11.8 Å². The summed E-state index contributed by atoms with van der Waals surface area (Å²) in [6.45, 7) is 1.11. The number of carbonyl (C=O) groups excluding carboxylic acids is 2. The summed E-state index contributed by atoms with van der Waals surface area (Å²) in [7, 11) is 0. The first-order chi connectivity index (χ1) is 8.77. The number of imide groups is 1. The smallest absolute Gasteiger partial charge is 0.233 e. The van der Waals surface area contributed by atoms with Gasteiger partial charge in [0, 0.05) is 25.5 Å². The summed E-state index contributed by atoms with van der Waals surface area (Å²) in [6, 6.07) is 0. The molecule has 0 N–H and O–H groups in total. The van der Waals surface area contributed by atoms with E-state index in [1.807, 2.05) is 10.8 Å². The number of rotatable bonds is 3. The second-order valence-corrected chi connectivity index (χ2v) is 5.13. The standard InChI is InChI=1S/C13H17N3O2/c17-12-10-3-1-2-4-11(10)13(18)16(12)8-7-15-6-5-14-9-15/h5-6,9-11H,1-4,7-8H2. The highest BCUT2D eigenvalue weighted by Crippen LogP contribution is 2.37. The van der Waals surface area contributed by atoms with Crippen LogP contribution < -0.4 is 0 Å². The summed E-state index contributed by atoms with van der Waals surface area (Å²) in [4.78, 5) is 29.8. The predicted octanol–water partition coefficient (Wildman–Crippen LogP) is 1.06. The zero-order chi connectivity index (χ0) is 12.5. The molecular formula is C13H17N3O2. The lowest BCUT2D eigenvalue weighted by Gasteiger charge is -2.19. The van der Waals surface area contributed by atoms with Gasteiger partial charge in [0.1, 0.15) is 0 Å². The minimum absolute atomic E-state index is 0.0333.